The van der Waals surface area contributed by atoms with Gasteiger partial charge in [-0.1, -0.05) is 13.3 Å². The van der Waals surface area contributed by atoms with Crippen molar-refractivity contribution in [1.82, 2.24) is 14.8 Å². The second kappa shape index (κ2) is 4.55. The molecule has 0 aromatic carbocycles. The minimum Gasteiger partial charge on any atom is -0.324 e. The van der Waals surface area contributed by atoms with E-state index in [4.69, 9.17) is 5.73 Å². The molecule has 1 aromatic heterocycles. The molecule has 2 bridgehead atoms. The fourth-order valence-corrected chi connectivity index (χ4v) is 5.63. The van der Waals surface area contributed by atoms with Crippen LogP contribution in [0.1, 0.15) is 51.3 Å². The Bertz CT molecular complexity index is 496. The third-order valence-electron chi connectivity index (χ3n) is 6.30. The molecule has 4 rings (SSSR count). The van der Waals surface area contributed by atoms with Gasteiger partial charge in [0.1, 0.15) is 12.2 Å². The van der Waals surface area contributed by atoms with E-state index >= 15 is 0 Å². The average molecular weight is 274 g/mol. The van der Waals surface area contributed by atoms with E-state index in [1.807, 2.05) is 0 Å². The predicted octanol–water partition coefficient (Wildman–Crippen LogP) is 2.38. The number of rotatable bonds is 4. The van der Waals surface area contributed by atoms with Gasteiger partial charge in [-0.25, -0.2) is 4.98 Å². The van der Waals surface area contributed by atoms with Crippen molar-refractivity contribution in [3.8, 4) is 0 Å². The van der Waals surface area contributed by atoms with Crippen molar-refractivity contribution in [2.24, 2.45) is 29.4 Å². The fourth-order valence-electron chi connectivity index (χ4n) is 5.63. The molecule has 3 aliphatic rings. The number of fused-ring (bicyclic) bond motifs is 5. The molecule has 0 amide bonds. The molecular formula is C16H26N4. The molecule has 20 heavy (non-hydrogen) atoms. The Hall–Kier alpha value is -0.900. The second-order valence-electron chi connectivity index (χ2n) is 7.37. The lowest BCUT2D eigenvalue weighted by Gasteiger charge is -2.40. The summed E-state index contributed by atoms with van der Waals surface area (Å²) in [5.74, 6) is 4.68. The Balaban J connectivity index is 1.55. The van der Waals surface area contributed by atoms with Crippen LogP contribution in [0.15, 0.2) is 6.33 Å². The van der Waals surface area contributed by atoms with Crippen LogP contribution in [0.5, 0.6) is 0 Å². The molecule has 110 valence electrons. The van der Waals surface area contributed by atoms with Gasteiger partial charge >= 0.3 is 0 Å². The number of nitrogens with zero attached hydrogens (tertiary/aromatic N) is 3. The molecule has 3 saturated carbocycles. The highest BCUT2D eigenvalue weighted by Crippen LogP contribution is 2.62. The van der Waals surface area contributed by atoms with Gasteiger partial charge in [0.15, 0.2) is 0 Å². The maximum Gasteiger partial charge on any atom is 0.138 e. The minimum absolute atomic E-state index is 0.00526. The van der Waals surface area contributed by atoms with Crippen LogP contribution in [0, 0.1) is 23.7 Å². The van der Waals surface area contributed by atoms with E-state index in [2.05, 4.69) is 21.7 Å². The summed E-state index contributed by atoms with van der Waals surface area (Å²) in [6, 6.07) is 0. The molecule has 5 unspecified atom stereocenters. The second-order valence-corrected chi connectivity index (χ2v) is 7.37. The zero-order valence-corrected chi connectivity index (χ0v) is 12.5. The lowest BCUT2D eigenvalue weighted by Crippen LogP contribution is -2.51. The summed E-state index contributed by atoms with van der Waals surface area (Å²) in [6.07, 6.45) is 10.7. The van der Waals surface area contributed by atoms with Crippen LogP contribution in [-0.2, 0) is 13.0 Å². The van der Waals surface area contributed by atoms with Crippen LogP contribution in [-0.4, -0.2) is 20.3 Å². The minimum atomic E-state index is -0.00526. The molecule has 5 atom stereocenters. The first-order chi connectivity index (χ1) is 9.71. The summed E-state index contributed by atoms with van der Waals surface area (Å²) in [4.78, 5) is 4.48. The predicted molar refractivity (Wildman–Crippen MR) is 78.0 cm³/mol. The highest BCUT2D eigenvalue weighted by molar-refractivity contribution is 5.15. The van der Waals surface area contributed by atoms with Crippen LogP contribution in [0.2, 0.25) is 0 Å². The van der Waals surface area contributed by atoms with E-state index in [0.29, 0.717) is 0 Å². The fraction of sp³-hybridized carbons (Fsp3) is 0.875. The summed E-state index contributed by atoms with van der Waals surface area (Å²) in [5, 5.41) is 4.36. The molecule has 4 nitrogen and oxygen atoms in total. The largest absolute Gasteiger partial charge is 0.324 e. The Morgan fingerprint density at radius 1 is 1.40 bits per heavy atom. The molecule has 1 heterocycles. The van der Waals surface area contributed by atoms with Crippen LogP contribution in [0.25, 0.3) is 0 Å². The SMILES string of the molecule is CCCn1ncnc1CC1(N)CC2CC1C1CCCC21. The van der Waals surface area contributed by atoms with Crippen molar-refractivity contribution in [3.05, 3.63) is 12.2 Å². The zero-order chi connectivity index (χ0) is 13.7. The molecule has 0 saturated heterocycles. The van der Waals surface area contributed by atoms with E-state index in [1.54, 1.807) is 6.33 Å². The molecule has 0 radical (unpaired) electrons. The quantitative estimate of drug-likeness (QED) is 0.917. The third kappa shape index (κ3) is 1.77. The summed E-state index contributed by atoms with van der Waals surface area (Å²) >= 11 is 0. The van der Waals surface area contributed by atoms with E-state index in [1.165, 1.54) is 32.1 Å². The van der Waals surface area contributed by atoms with Crippen LogP contribution < -0.4 is 5.73 Å². The molecule has 2 N–H and O–H groups in total. The smallest absolute Gasteiger partial charge is 0.138 e. The van der Waals surface area contributed by atoms with Gasteiger partial charge in [0.25, 0.3) is 0 Å². The van der Waals surface area contributed by atoms with E-state index in [9.17, 15) is 0 Å². The topological polar surface area (TPSA) is 56.7 Å². The molecule has 0 aliphatic heterocycles. The van der Waals surface area contributed by atoms with E-state index < -0.39 is 0 Å². The average Bonchev–Trinajstić information content (AvgIpc) is 3.11. The molecule has 1 aromatic rings. The van der Waals surface area contributed by atoms with E-state index in [-0.39, 0.29) is 5.54 Å². The van der Waals surface area contributed by atoms with Crippen LogP contribution >= 0.6 is 0 Å². The maximum atomic E-state index is 6.88. The number of nitrogens with two attached hydrogens (primary N) is 1. The van der Waals surface area contributed by atoms with Gasteiger partial charge < -0.3 is 5.73 Å². The highest BCUT2D eigenvalue weighted by atomic mass is 15.3. The molecule has 0 spiro atoms. The molecule has 3 aliphatic carbocycles. The first-order valence-electron chi connectivity index (χ1n) is 8.37. The Kier molecular flexibility index (Phi) is 2.92. The van der Waals surface area contributed by atoms with E-state index in [0.717, 1.165) is 48.9 Å². The number of aromatic nitrogens is 3. The summed E-state index contributed by atoms with van der Waals surface area (Å²) in [7, 11) is 0. The zero-order valence-electron chi connectivity index (χ0n) is 12.5. The number of aryl methyl sites for hydroxylation is 1. The molecule has 4 heteroatoms. The Morgan fingerprint density at radius 2 is 2.25 bits per heavy atom. The third-order valence-corrected chi connectivity index (χ3v) is 6.30. The van der Waals surface area contributed by atoms with Crippen molar-refractivity contribution >= 4 is 0 Å². The van der Waals surface area contributed by atoms with Crippen molar-refractivity contribution in [2.75, 3.05) is 0 Å². The van der Waals surface area contributed by atoms with Gasteiger partial charge in [0.2, 0.25) is 0 Å². The standard InChI is InChI=1S/C16H26N4/c1-2-6-20-15(18-10-19-20)9-16(17)8-11-7-14(16)13-5-3-4-12(11)13/h10-14H,2-9,17H2,1H3. The Labute approximate surface area is 121 Å². The molecular weight excluding hydrogens is 248 g/mol. The van der Waals surface area contributed by atoms with Gasteiger partial charge in [-0.05, 0) is 55.8 Å². The van der Waals surface area contributed by atoms with Crippen LogP contribution in [0.4, 0.5) is 0 Å². The highest BCUT2D eigenvalue weighted by Gasteiger charge is 2.59. The van der Waals surface area contributed by atoms with Gasteiger partial charge in [-0.3, -0.25) is 4.68 Å². The van der Waals surface area contributed by atoms with Crippen LogP contribution in [0.3, 0.4) is 0 Å². The van der Waals surface area contributed by atoms with Crippen molar-refractivity contribution in [1.29, 1.82) is 0 Å². The summed E-state index contributed by atoms with van der Waals surface area (Å²) < 4.78 is 2.06. The van der Waals surface area contributed by atoms with Crippen molar-refractivity contribution < 1.29 is 0 Å². The first-order valence-corrected chi connectivity index (χ1v) is 8.37. The summed E-state index contributed by atoms with van der Waals surface area (Å²) in [5.41, 5.74) is 6.87. The Morgan fingerprint density at radius 3 is 3.10 bits per heavy atom. The van der Waals surface area contributed by atoms with Gasteiger partial charge in [-0.2, -0.15) is 5.10 Å². The molecule has 3 fully saturated rings. The van der Waals surface area contributed by atoms with Crippen molar-refractivity contribution in [3.63, 3.8) is 0 Å². The summed E-state index contributed by atoms with van der Waals surface area (Å²) in [6.45, 7) is 3.15. The number of hydrogen-bond donors (Lipinski definition) is 1. The monoisotopic (exact) mass is 274 g/mol. The lowest BCUT2D eigenvalue weighted by molar-refractivity contribution is 0.153. The van der Waals surface area contributed by atoms with Gasteiger partial charge in [0, 0.05) is 18.5 Å². The van der Waals surface area contributed by atoms with Gasteiger partial charge in [-0.15, -0.1) is 0 Å². The lowest BCUT2D eigenvalue weighted by atomic mass is 9.70. The normalized spacial score (nSPS) is 42.3. The number of hydrogen-bond acceptors (Lipinski definition) is 3. The van der Waals surface area contributed by atoms with Gasteiger partial charge in [0.05, 0.1) is 0 Å². The first kappa shape index (κ1) is 12.8. The maximum absolute atomic E-state index is 6.88. The van der Waals surface area contributed by atoms with Crippen molar-refractivity contribution in [2.45, 2.75) is 64.0 Å².